The van der Waals surface area contributed by atoms with Gasteiger partial charge in [0.25, 0.3) is 0 Å². The van der Waals surface area contributed by atoms with Crippen LogP contribution in [-0.4, -0.2) is 25.8 Å². The first-order valence-electron chi connectivity index (χ1n) is 9.45. The van der Waals surface area contributed by atoms with Crippen LogP contribution in [0.15, 0.2) is 48.8 Å². The van der Waals surface area contributed by atoms with Gasteiger partial charge in [-0.25, -0.2) is 4.68 Å². The molecule has 1 saturated carbocycles. The van der Waals surface area contributed by atoms with Crippen molar-refractivity contribution >= 4 is 29.2 Å². The minimum atomic E-state index is -0.754. The zero-order valence-corrected chi connectivity index (χ0v) is 17.7. The van der Waals surface area contributed by atoms with Crippen molar-refractivity contribution in [3.05, 3.63) is 64.5 Å². The number of nitrogens with zero attached hydrogens (tertiary/aromatic N) is 3. The van der Waals surface area contributed by atoms with Gasteiger partial charge in [0.15, 0.2) is 0 Å². The molecule has 5 nitrogen and oxygen atoms in total. The summed E-state index contributed by atoms with van der Waals surface area (Å²) in [6, 6.07) is 11.4. The van der Waals surface area contributed by atoms with Crippen molar-refractivity contribution in [2.75, 3.05) is 0 Å². The molecule has 1 aliphatic carbocycles. The van der Waals surface area contributed by atoms with Crippen LogP contribution in [0, 0.1) is 11.3 Å². The summed E-state index contributed by atoms with van der Waals surface area (Å²) in [5.74, 6) is -0.446. The van der Waals surface area contributed by atoms with E-state index in [1.54, 1.807) is 24.5 Å². The summed E-state index contributed by atoms with van der Waals surface area (Å²) in [6.07, 6.45) is 4.50. The highest BCUT2D eigenvalue weighted by Gasteiger charge is 2.50. The molecule has 1 fully saturated rings. The first-order chi connectivity index (χ1) is 13.8. The molecule has 2 heterocycles. The average molecular weight is 430 g/mol. The van der Waals surface area contributed by atoms with E-state index in [1.807, 2.05) is 22.9 Å². The Balaban J connectivity index is 1.79. The molecule has 1 N–H and O–H groups in total. The lowest BCUT2D eigenvalue weighted by Crippen LogP contribution is -2.44. The number of carboxylic acid groups (broad SMARTS) is 1. The van der Waals surface area contributed by atoms with E-state index in [-0.39, 0.29) is 23.7 Å². The SMILES string of the molecule is CC1(C)[C@@H](CC(=O)O)C[C@H]1c1cc(-c2cccnc2)nn1-c1ccc(Cl)c(Cl)c1. The zero-order valence-electron chi connectivity index (χ0n) is 16.1. The predicted molar refractivity (Wildman–Crippen MR) is 114 cm³/mol. The van der Waals surface area contributed by atoms with Gasteiger partial charge < -0.3 is 5.11 Å². The van der Waals surface area contributed by atoms with Gasteiger partial charge in [-0.2, -0.15) is 5.10 Å². The molecule has 29 heavy (non-hydrogen) atoms. The number of halogens is 2. The van der Waals surface area contributed by atoms with Crippen LogP contribution in [0.4, 0.5) is 0 Å². The third kappa shape index (κ3) is 3.65. The Bertz CT molecular complexity index is 1060. The van der Waals surface area contributed by atoms with Gasteiger partial charge in [0.2, 0.25) is 0 Å². The molecule has 0 unspecified atom stereocenters. The Morgan fingerprint density at radius 1 is 1.24 bits per heavy atom. The van der Waals surface area contributed by atoms with E-state index in [4.69, 9.17) is 28.3 Å². The Morgan fingerprint density at radius 3 is 2.66 bits per heavy atom. The summed E-state index contributed by atoms with van der Waals surface area (Å²) in [4.78, 5) is 15.4. The highest BCUT2D eigenvalue weighted by molar-refractivity contribution is 6.42. The number of benzene rings is 1. The van der Waals surface area contributed by atoms with Crippen LogP contribution in [0.5, 0.6) is 0 Å². The maximum absolute atomic E-state index is 11.2. The van der Waals surface area contributed by atoms with Crippen molar-refractivity contribution in [2.45, 2.75) is 32.6 Å². The van der Waals surface area contributed by atoms with Gasteiger partial charge in [0, 0.05) is 36.0 Å². The third-order valence-electron chi connectivity index (χ3n) is 6.09. The topological polar surface area (TPSA) is 68.0 Å². The molecular formula is C22H21Cl2N3O2. The fourth-order valence-corrected chi connectivity index (χ4v) is 4.49. The van der Waals surface area contributed by atoms with E-state index in [2.05, 4.69) is 24.9 Å². The number of hydrogen-bond acceptors (Lipinski definition) is 3. The lowest BCUT2D eigenvalue weighted by Gasteiger charge is -2.52. The van der Waals surface area contributed by atoms with E-state index >= 15 is 0 Å². The van der Waals surface area contributed by atoms with E-state index in [0.29, 0.717) is 10.0 Å². The van der Waals surface area contributed by atoms with Crippen LogP contribution >= 0.6 is 23.2 Å². The molecule has 0 radical (unpaired) electrons. The molecule has 0 amide bonds. The van der Waals surface area contributed by atoms with Crippen LogP contribution in [-0.2, 0) is 4.79 Å². The van der Waals surface area contributed by atoms with E-state index in [9.17, 15) is 9.90 Å². The molecule has 0 spiro atoms. The summed E-state index contributed by atoms with van der Waals surface area (Å²) in [6.45, 7) is 4.26. The average Bonchev–Trinajstić information content (AvgIpc) is 3.12. The summed E-state index contributed by atoms with van der Waals surface area (Å²) in [7, 11) is 0. The van der Waals surface area contributed by atoms with E-state index in [0.717, 1.165) is 29.1 Å². The molecule has 0 aliphatic heterocycles. The number of carboxylic acids is 1. The maximum atomic E-state index is 11.2. The normalized spacial score (nSPS) is 20.3. The van der Waals surface area contributed by atoms with Gasteiger partial charge >= 0.3 is 5.97 Å². The fourth-order valence-electron chi connectivity index (χ4n) is 4.20. The molecule has 0 bridgehead atoms. The number of carbonyl (C=O) groups is 1. The lowest BCUT2D eigenvalue weighted by molar-refractivity contribution is -0.141. The second-order valence-corrected chi connectivity index (χ2v) is 8.93. The van der Waals surface area contributed by atoms with Crippen LogP contribution < -0.4 is 0 Å². The minimum absolute atomic E-state index is 0.129. The van der Waals surface area contributed by atoms with Crippen molar-refractivity contribution < 1.29 is 9.90 Å². The zero-order chi connectivity index (χ0) is 20.8. The van der Waals surface area contributed by atoms with Crippen LogP contribution in [0.2, 0.25) is 10.0 Å². The Kier molecular flexibility index (Phi) is 5.13. The summed E-state index contributed by atoms with van der Waals surface area (Å²) >= 11 is 12.4. The summed E-state index contributed by atoms with van der Waals surface area (Å²) in [5.41, 5.74) is 3.44. The highest BCUT2D eigenvalue weighted by atomic mass is 35.5. The first kappa shape index (κ1) is 19.9. The van der Waals surface area contributed by atoms with Gasteiger partial charge in [-0.1, -0.05) is 37.0 Å². The molecule has 2 atom stereocenters. The van der Waals surface area contributed by atoms with E-state index < -0.39 is 5.97 Å². The summed E-state index contributed by atoms with van der Waals surface area (Å²) < 4.78 is 1.90. The molecule has 4 rings (SSSR count). The van der Waals surface area contributed by atoms with Crippen molar-refractivity contribution in [2.24, 2.45) is 11.3 Å². The van der Waals surface area contributed by atoms with Gasteiger partial charge in [-0.15, -0.1) is 0 Å². The Hall–Kier alpha value is -2.37. The van der Waals surface area contributed by atoms with Crippen LogP contribution in [0.25, 0.3) is 16.9 Å². The van der Waals surface area contributed by atoms with Gasteiger partial charge in [-0.05, 0) is 54.2 Å². The molecular weight excluding hydrogens is 409 g/mol. The Labute approximate surface area is 179 Å². The predicted octanol–water partition coefficient (Wildman–Crippen LogP) is 5.85. The van der Waals surface area contributed by atoms with Crippen LogP contribution in [0.3, 0.4) is 0 Å². The number of aromatic nitrogens is 3. The van der Waals surface area contributed by atoms with Crippen LogP contribution in [0.1, 0.15) is 38.3 Å². The maximum Gasteiger partial charge on any atom is 0.303 e. The van der Waals surface area contributed by atoms with Crippen molar-refractivity contribution in [1.82, 2.24) is 14.8 Å². The van der Waals surface area contributed by atoms with Crippen molar-refractivity contribution in [1.29, 1.82) is 0 Å². The van der Waals surface area contributed by atoms with Gasteiger partial charge in [0.05, 0.1) is 21.4 Å². The second-order valence-electron chi connectivity index (χ2n) is 8.11. The molecule has 1 aliphatic rings. The molecule has 2 aromatic heterocycles. The Morgan fingerprint density at radius 2 is 2.03 bits per heavy atom. The first-order valence-corrected chi connectivity index (χ1v) is 10.2. The fraction of sp³-hybridized carbons (Fsp3) is 0.318. The van der Waals surface area contributed by atoms with Crippen molar-refractivity contribution in [3.63, 3.8) is 0 Å². The number of aliphatic carboxylic acids is 1. The standard InChI is InChI=1S/C22H21Cl2N3O2/c1-22(2)14(9-21(28)29)8-16(22)20-11-19(13-4-3-7-25-12-13)26-27(20)15-5-6-17(23)18(24)10-15/h3-7,10-12,14,16H,8-9H2,1-2H3,(H,28,29)/t14-,16+/m1/s1. The number of hydrogen-bond donors (Lipinski definition) is 1. The quantitative estimate of drug-likeness (QED) is 0.552. The number of pyridine rings is 1. The molecule has 3 aromatic rings. The molecule has 0 saturated heterocycles. The van der Waals surface area contributed by atoms with Crippen molar-refractivity contribution in [3.8, 4) is 16.9 Å². The number of rotatable bonds is 5. The monoisotopic (exact) mass is 429 g/mol. The summed E-state index contributed by atoms with van der Waals surface area (Å²) in [5, 5.41) is 15.0. The van der Waals surface area contributed by atoms with Gasteiger partial charge in [0.1, 0.15) is 0 Å². The second kappa shape index (κ2) is 7.47. The van der Waals surface area contributed by atoms with Gasteiger partial charge in [-0.3, -0.25) is 9.78 Å². The molecule has 7 heteroatoms. The largest absolute Gasteiger partial charge is 0.481 e. The highest BCUT2D eigenvalue weighted by Crippen LogP contribution is 2.58. The lowest BCUT2D eigenvalue weighted by atomic mass is 9.53. The molecule has 150 valence electrons. The smallest absolute Gasteiger partial charge is 0.303 e. The minimum Gasteiger partial charge on any atom is -0.481 e. The third-order valence-corrected chi connectivity index (χ3v) is 6.83. The van der Waals surface area contributed by atoms with E-state index in [1.165, 1.54) is 0 Å². The molecule has 1 aromatic carbocycles.